The molecule has 18 heavy (non-hydrogen) atoms. The van der Waals surface area contributed by atoms with Crippen molar-refractivity contribution in [1.82, 2.24) is 5.32 Å². The van der Waals surface area contributed by atoms with Gasteiger partial charge < -0.3 is 11.1 Å². The van der Waals surface area contributed by atoms with E-state index < -0.39 is 5.54 Å². The fourth-order valence-corrected chi connectivity index (χ4v) is 2.32. The van der Waals surface area contributed by atoms with Gasteiger partial charge in [-0.15, -0.1) is 0 Å². The number of carbonyl (C=O) groups excluding carboxylic acids is 1. The molecule has 1 amide bonds. The Morgan fingerprint density at radius 3 is 2.61 bits per heavy atom. The molecule has 3 nitrogen and oxygen atoms in total. The summed E-state index contributed by atoms with van der Waals surface area (Å²) in [6, 6.07) is 5.58. The zero-order valence-electron chi connectivity index (χ0n) is 10.7. The first-order valence-electron chi connectivity index (χ1n) is 5.68. The monoisotopic (exact) mass is 328 g/mol. The van der Waals surface area contributed by atoms with Gasteiger partial charge in [0.1, 0.15) is 0 Å². The van der Waals surface area contributed by atoms with Crippen LogP contribution in [-0.4, -0.2) is 16.4 Å². The van der Waals surface area contributed by atoms with E-state index in [1.54, 1.807) is 6.07 Å². The van der Waals surface area contributed by atoms with Gasteiger partial charge in [-0.2, -0.15) is 0 Å². The Bertz CT molecular complexity index is 490. The highest BCUT2D eigenvalue weighted by Crippen LogP contribution is 2.20. The van der Waals surface area contributed by atoms with E-state index in [1.165, 1.54) is 0 Å². The molecule has 0 aliphatic carbocycles. The Hall–Kier alpha value is -0.940. The van der Waals surface area contributed by atoms with Crippen molar-refractivity contribution >= 4 is 39.0 Å². The molecule has 0 aromatic heterocycles. The lowest BCUT2D eigenvalue weighted by molar-refractivity contribution is 0.0926. The third-order valence-electron chi connectivity index (χ3n) is 3.01. The molecule has 0 bridgehead atoms. The molecule has 0 spiro atoms. The molecule has 1 unspecified atom stereocenters. The maximum absolute atomic E-state index is 12.2. The first kappa shape index (κ1) is 15.1. The van der Waals surface area contributed by atoms with E-state index in [-0.39, 0.29) is 5.91 Å². The van der Waals surface area contributed by atoms with Crippen LogP contribution in [-0.2, 0) is 0 Å². The third kappa shape index (κ3) is 3.29. The molecular weight excluding hydrogens is 312 g/mol. The number of nitrogens with two attached hydrogens (primary N) is 1. The highest BCUT2D eigenvalue weighted by molar-refractivity contribution is 9.10. The van der Waals surface area contributed by atoms with Crippen molar-refractivity contribution in [3.05, 3.63) is 33.8 Å². The maximum Gasteiger partial charge on any atom is 0.253 e. The Morgan fingerprint density at radius 2 is 2.17 bits per heavy atom. The van der Waals surface area contributed by atoms with Gasteiger partial charge in [0.15, 0.2) is 0 Å². The van der Waals surface area contributed by atoms with Crippen LogP contribution >= 0.6 is 28.1 Å². The number of hydrogen-bond acceptors (Lipinski definition) is 2. The summed E-state index contributed by atoms with van der Waals surface area (Å²) < 4.78 is 0.765. The van der Waals surface area contributed by atoms with E-state index in [0.29, 0.717) is 17.0 Å². The molecular formula is C13H17BrN2OS. The lowest BCUT2D eigenvalue weighted by atomic mass is 9.98. The molecule has 98 valence electrons. The van der Waals surface area contributed by atoms with E-state index in [0.717, 1.165) is 10.0 Å². The van der Waals surface area contributed by atoms with E-state index in [1.807, 2.05) is 32.9 Å². The van der Waals surface area contributed by atoms with Crippen molar-refractivity contribution in [2.75, 3.05) is 0 Å². The molecule has 1 rings (SSSR count). The number of nitrogens with one attached hydrogen (secondary N) is 1. The quantitative estimate of drug-likeness (QED) is 0.835. The summed E-state index contributed by atoms with van der Waals surface area (Å²) in [5.41, 5.74) is 6.69. The molecule has 0 aliphatic rings. The summed E-state index contributed by atoms with van der Waals surface area (Å²) in [6.45, 7) is 5.73. The Kier molecular flexibility index (Phi) is 4.87. The average molecular weight is 329 g/mol. The predicted molar refractivity (Wildman–Crippen MR) is 81.8 cm³/mol. The van der Waals surface area contributed by atoms with Crippen molar-refractivity contribution in [2.45, 2.75) is 32.7 Å². The number of amides is 1. The first-order valence-corrected chi connectivity index (χ1v) is 6.89. The molecule has 0 saturated heterocycles. The van der Waals surface area contributed by atoms with Crippen LogP contribution in [0.15, 0.2) is 22.7 Å². The number of aryl methyl sites for hydroxylation is 1. The van der Waals surface area contributed by atoms with Crippen LogP contribution in [0.3, 0.4) is 0 Å². The lowest BCUT2D eigenvalue weighted by Crippen LogP contribution is -2.54. The second kappa shape index (κ2) is 5.80. The lowest BCUT2D eigenvalue weighted by Gasteiger charge is -2.28. The number of benzene rings is 1. The van der Waals surface area contributed by atoms with Gasteiger partial charge in [-0.25, -0.2) is 0 Å². The topological polar surface area (TPSA) is 55.1 Å². The Morgan fingerprint density at radius 1 is 1.56 bits per heavy atom. The summed E-state index contributed by atoms with van der Waals surface area (Å²) in [6.07, 6.45) is 0.650. The summed E-state index contributed by atoms with van der Waals surface area (Å²) in [7, 11) is 0. The number of carbonyl (C=O) groups is 1. The van der Waals surface area contributed by atoms with Crippen molar-refractivity contribution in [3.63, 3.8) is 0 Å². The highest BCUT2D eigenvalue weighted by Gasteiger charge is 2.28. The number of thiocarbonyl (C=S) groups is 1. The smallest absolute Gasteiger partial charge is 0.253 e. The number of hydrogen-bond donors (Lipinski definition) is 2. The van der Waals surface area contributed by atoms with E-state index >= 15 is 0 Å². The Balaban J connectivity index is 2.98. The third-order valence-corrected chi connectivity index (χ3v) is 4.12. The molecule has 5 heteroatoms. The first-order chi connectivity index (χ1) is 8.30. The summed E-state index contributed by atoms with van der Waals surface area (Å²) >= 11 is 8.39. The van der Waals surface area contributed by atoms with Crippen molar-refractivity contribution in [2.24, 2.45) is 5.73 Å². The van der Waals surface area contributed by atoms with Crippen LogP contribution in [0.5, 0.6) is 0 Å². The zero-order valence-corrected chi connectivity index (χ0v) is 13.1. The number of halogens is 1. The van der Waals surface area contributed by atoms with Gasteiger partial charge in [0.05, 0.1) is 16.1 Å². The molecule has 1 atom stereocenters. The minimum atomic E-state index is -0.656. The second-order valence-electron chi connectivity index (χ2n) is 4.49. The van der Waals surface area contributed by atoms with Crippen molar-refractivity contribution in [1.29, 1.82) is 0 Å². The average Bonchev–Trinajstić information content (AvgIpc) is 2.28. The molecule has 1 aromatic rings. The molecule has 1 aromatic carbocycles. The minimum Gasteiger partial charge on any atom is -0.391 e. The van der Waals surface area contributed by atoms with Crippen molar-refractivity contribution in [3.8, 4) is 0 Å². The minimum absolute atomic E-state index is 0.181. The molecule has 0 heterocycles. The normalized spacial score (nSPS) is 13.8. The Labute approximate surface area is 121 Å². The molecule has 3 N–H and O–H groups in total. The standard InChI is InChI=1S/C13H17BrN2OS/c1-4-13(3,12(15)18)16-11(17)9-6-5-8(2)7-10(9)14/h5-7H,4H2,1-3H3,(H2,15,18)(H,16,17). The van der Waals surface area contributed by atoms with E-state index in [2.05, 4.69) is 21.2 Å². The van der Waals surface area contributed by atoms with E-state index in [4.69, 9.17) is 18.0 Å². The van der Waals surface area contributed by atoms with Gasteiger partial charge in [-0.1, -0.05) is 25.2 Å². The van der Waals surface area contributed by atoms with Gasteiger partial charge >= 0.3 is 0 Å². The van der Waals surface area contributed by atoms with Crippen LogP contribution in [0.2, 0.25) is 0 Å². The van der Waals surface area contributed by atoms with Crippen LogP contribution in [0.1, 0.15) is 36.2 Å². The largest absolute Gasteiger partial charge is 0.391 e. The fraction of sp³-hybridized carbons (Fsp3) is 0.385. The fourth-order valence-electron chi connectivity index (χ4n) is 1.45. The summed E-state index contributed by atoms with van der Waals surface area (Å²) in [5, 5.41) is 2.88. The van der Waals surface area contributed by atoms with Crippen LogP contribution in [0, 0.1) is 6.92 Å². The molecule has 0 aliphatic heterocycles. The van der Waals surface area contributed by atoms with Crippen LogP contribution < -0.4 is 11.1 Å². The van der Waals surface area contributed by atoms with Crippen LogP contribution in [0.4, 0.5) is 0 Å². The summed E-state index contributed by atoms with van der Waals surface area (Å²) in [4.78, 5) is 12.5. The SMILES string of the molecule is CCC(C)(NC(=O)c1ccc(C)cc1Br)C(N)=S. The highest BCUT2D eigenvalue weighted by atomic mass is 79.9. The molecule has 0 radical (unpaired) electrons. The van der Waals surface area contributed by atoms with Gasteiger partial charge in [-0.05, 0) is 53.9 Å². The second-order valence-corrected chi connectivity index (χ2v) is 5.78. The van der Waals surface area contributed by atoms with Crippen LogP contribution in [0.25, 0.3) is 0 Å². The molecule has 0 saturated carbocycles. The van der Waals surface area contributed by atoms with Gasteiger partial charge in [0, 0.05) is 4.47 Å². The van der Waals surface area contributed by atoms with Gasteiger partial charge in [0.25, 0.3) is 5.91 Å². The van der Waals surface area contributed by atoms with Gasteiger partial charge in [-0.3, -0.25) is 4.79 Å². The molecule has 0 fully saturated rings. The van der Waals surface area contributed by atoms with E-state index in [9.17, 15) is 4.79 Å². The zero-order chi connectivity index (χ0) is 13.9. The number of rotatable bonds is 4. The summed E-state index contributed by atoms with van der Waals surface area (Å²) in [5.74, 6) is -0.181. The van der Waals surface area contributed by atoms with Crippen molar-refractivity contribution < 1.29 is 4.79 Å². The van der Waals surface area contributed by atoms with Gasteiger partial charge in [0.2, 0.25) is 0 Å². The predicted octanol–water partition coefficient (Wildman–Crippen LogP) is 2.94. The maximum atomic E-state index is 12.2.